The van der Waals surface area contributed by atoms with Crippen molar-refractivity contribution in [2.75, 3.05) is 9.80 Å². The molecule has 0 fully saturated rings. The molecule has 9 rings (SSSR count). The van der Waals surface area contributed by atoms with Crippen molar-refractivity contribution in [2.24, 2.45) is 0 Å². The minimum Gasteiger partial charge on any atom is -0.455 e. The molecule has 0 amide bonds. The lowest BCUT2D eigenvalue weighted by molar-refractivity contribution is 0.462. The standard InChI is InChI=1S/C37H24N2O2/c1-5-17-29-25(13-1)26-14-2-6-18-30(26)39-32-20-8-12-24-36(32)41-34-22-10-4-16-28(34)37(39)27-15-3-9-21-33(27)40-35-23-11-7-19-31(35)38(29)37/h1-24H. The molecule has 0 aliphatic carbocycles. The van der Waals surface area contributed by atoms with E-state index in [0.717, 1.165) is 68.0 Å². The van der Waals surface area contributed by atoms with Crippen LogP contribution >= 0.6 is 0 Å². The second-order valence-corrected chi connectivity index (χ2v) is 10.5. The topological polar surface area (TPSA) is 24.9 Å². The molecule has 6 aromatic carbocycles. The Morgan fingerprint density at radius 3 is 1.15 bits per heavy atom. The average Bonchev–Trinajstić information content (AvgIpc) is 3.29. The Balaban J connectivity index is 1.60. The summed E-state index contributed by atoms with van der Waals surface area (Å²) >= 11 is 0. The van der Waals surface area contributed by atoms with Gasteiger partial charge in [-0.2, -0.15) is 0 Å². The van der Waals surface area contributed by atoms with Crippen LogP contribution in [-0.4, -0.2) is 0 Å². The Bertz CT molecular complexity index is 1850. The molecule has 4 nitrogen and oxygen atoms in total. The van der Waals surface area contributed by atoms with Crippen LogP contribution in [0.2, 0.25) is 0 Å². The van der Waals surface area contributed by atoms with Crippen molar-refractivity contribution in [3.05, 3.63) is 157 Å². The first kappa shape index (κ1) is 22.3. The van der Waals surface area contributed by atoms with E-state index in [2.05, 4.69) is 131 Å². The van der Waals surface area contributed by atoms with E-state index in [1.165, 1.54) is 0 Å². The molecule has 0 bridgehead atoms. The molecule has 194 valence electrons. The van der Waals surface area contributed by atoms with Crippen LogP contribution in [-0.2, 0) is 5.66 Å². The fraction of sp³-hybridized carbons (Fsp3) is 0.0270. The van der Waals surface area contributed by atoms with Gasteiger partial charge in [0.1, 0.15) is 11.5 Å². The average molecular weight is 529 g/mol. The van der Waals surface area contributed by atoms with Crippen molar-refractivity contribution < 1.29 is 9.47 Å². The molecule has 4 heteroatoms. The fourth-order valence-corrected chi connectivity index (χ4v) is 6.86. The quantitative estimate of drug-likeness (QED) is 0.196. The van der Waals surface area contributed by atoms with Crippen LogP contribution in [0.5, 0.6) is 23.0 Å². The Kier molecular flexibility index (Phi) is 4.50. The molecule has 0 saturated carbocycles. The molecule has 41 heavy (non-hydrogen) atoms. The predicted molar refractivity (Wildman–Crippen MR) is 163 cm³/mol. The first-order chi connectivity index (χ1) is 20.4. The van der Waals surface area contributed by atoms with Crippen LogP contribution in [0.4, 0.5) is 22.7 Å². The summed E-state index contributed by atoms with van der Waals surface area (Å²) in [5, 5.41) is 0. The number of benzene rings is 6. The Morgan fingerprint density at radius 2 is 0.683 bits per heavy atom. The van der Waals surface area contributed by atoms with Crippen LogP contribution in [0, 0.1) is 0 Å². The zero-order valence-electron chi connectivity index (χ0n) is 22.1. The summed E-state index contributed by atoms with van der Waals surface area (Å²) < 4.78 is 13.6. The van der Waals surface area contributed by atoms with Gasteiger partial charge in [0, 0.05) is 22.3 Å². The van der Waals surface area contributed by atoms with Gasteiger partial charge < -0.3 is 19.3 Å². The SMILES string of the molecule is c1ccc2c(c1)Oc1ccccc1C13c4ccccc4Oc4ccccc4N1c1ccccc1-c1ccccc1N23. The van der Waals surface area contributed by atoms with Gasteiger partial charge >= 0.3 is 0 Å². The summed E-state index contributed by atoms with van der Waals surface area (Å²) in [4.78, 5) is 4.93. The highest BCUT2D eigenvalue weighted by Crippen LogP contribution is 2.64. The lowest BCUT2D eigenvalue weighted by Crippen LogP contribution is -2.55. The van der Waals surface area contributed by atoms with Crippen molar-refractivity contribution in [2.45, 2.75) is 5.66 Å². The number of para-hydroxylation sites is 8. The number of fused-ring (bicyclic) bond motifs is 11. The van der Waals surface area contributed by atoms with Gasteiger partial charge in [0.05, 0.1) is 22.7 Å². The molecular weight excluding hydrogens is 504 g/mol. The van der Waals surface area contributed by atoms with E-state index in [1.807, 2.05) is 24.3 Å². The summed E-state index contributed by atoms with van der Waals surface area (Å²) in [7, 11) is 0. The second kappa shape index (κ2) is 8.26. The number of ether oxygens (including phenoxy) is 2. The molecule has 0 radical (unpaired) electrons. The van der Waals surface area contributed by atoms with E-state index in [4.69, 9.17) is 9.47 Å². The lowest BCUT2D eigenvalue weighted by atomic mass is 9.85. The van der Waals surface area contributed by atoms with Crippen LogP contribution in [0.1, 0.15) is 11.1 Å². The van der Waals surface area contributed by atoms with E-state index >= 15 is 0 Å². The van der Waals surface area contributed by atoms with Gasteiger partial charge in [-0.05, 0) is 48.5 Å². The van der Waals surface area contributed by atoms with E-state index in [1.54, 1.807) is 0 Å². The molecule has 0 aromatic heterocycles. The lowest BCUT2D eigenvalue weighted by Gasteiger charge is -2.50. The van der Waals surface area contributed by atoms with Gasteiger partial charge in [-0.1, -0.05) is 97.1 Å². The summed E-state index contributed by atoms with van der Waals surface area (Å²) in [6.45, 7) is 0. The molecule has 3 heterocycles. The Labute approximate surface area is 238 Å². The molecular formula is C37H24N2O2. The molecule has 0 saturated heterocycles. The monoisotopic (exact) mass is 528 g/mol. The van der Waals surface area contributed by atoms with Crippen molar-refractivity contribution in [3.8, 4) is 34.1 Å². The zero-order valence-corrected chi connectivity index (χ0v) is 22.1. The molecule has 0 N–H and O–H groups in total. The first-order valence-electron chi connectivity index (χ1n) is 13.9. The predicted octanol–water partition coefficient (Wildman–Crippen LogP) is 9.76. The number of rotatable bonds is 0. The highest BCUT2D eigenvalue weighted by molar-refractivity contribution is 5.99. The first-order valence-corrected chi connectivity index (χ1v) is 13.9. The number of anilines is 4. The van der Waals surface area contributed by atoms with Crippen molar-refractivity contribution in [1.29, 1.82) is 0 Å². The van der Waals surface area contributed by atoms with E-state index in [-0.39, 0.29) is 0 Å². The highest BCUT2D eigenvalue weighted by Gasteiger charge is 2.56. The van der Waals surface area contributed by atoms with Gasteiger partial charge in [-0.25, -0.2) is 0 Å². The van der Waals surface area contributed by atoms with Crippen LogP contribution in [0.3, 0.4) is 0 Å². The summed E-state index contributed by atoms with van der Waals surface area (Å²) in [5.41, 5.74) is 7.56. The minimum atomic E-state index is -0.922. The van der Waals surface area contributed by atoms with Crippen LogP contribution < -0.4 is 19.3 Å². The third kappa shape index (κ3) is 2.88. The van der Waals surface area contributed by atoms with Crippen LogP contribution in [0.25, 0.3) is 11.1 Å². The molecule has 3 aliphatic heterocycles. The summed E-state index contributed by atoms with van der Waals surface area (Å²) in [6, 6.07) is 50.9. The largest absolute Gasteiger partial charge is 0.455 e. The molecule has 6 aromatic rings. The maximum Gasteiger partial charge on any atom is 0.182 e. The van der Waals surface area contributed by atoms with Gasteiger partial charge in [-0.15, -0.1) is 0 Å². The Hall–Kier alpha value is -5.48. The normalized spacial score (nSPS) is 14.8. The van der Waals surface area contributed by atoms with Crippen molar-refractivity contribution in [1.82, 2.24) is 0 Å². The van der Waals surface area contributed by atoms with Gasteiger partial charge in [0.2, 0.25) is 0 Å². The van der Waals surface area contributed by atoms with Crippen LogP contribution in [0.15, 0.2) is 146 Å². The van der Waals surface area contributed by atoms with E-state index in [9.17, 15) is 0 Å². The third-order valence-electron chi connectivity index (χ3n) is 8.40. The number of hydrogen-bond donors (Lipinski definition) is 0. The maximum atomic E-state index is 6.82. The summed E-state index contributed by atoms with van der Waals surface area (Å²) in [5.74, 6) is 3.21. The maximum absolute atomic E-state index is 6.82. The van der Waals surface area contributed by atoms with Gasteiger partial charge in [-0.3, -0.25) is 0 Å². The molecule has 3 aliphatic rings. The Morgan fingerprint density at radius 1 is 0.341 bits per heavy atom. The molecule has 0 atom stereocenters. The second-order valence-electron chi connectivity index (χ2n) is 10.5. The van der Waals surface area contributed by atoms with E-state index < -0.39 is 5.66 Å². The summed E-state index contributed by atoms with van der Waals surface area (Å²) in [6.07, 6.45) is 0. The third-order valence-corrected chi connectivity index (χ3v) is 8.40. The van der Waals surface area contributed by atoms with E-state index in [0.29, 0.717) is 0 Å². The minimum absolute atomic E-state index is 0.800. The number of hydrogen-bond acceptors (Lipinski definition) is 4. The van der Waals surface area contributed by atoms with Gasteiger partial charge in [0.15, 0.2) is 17.2 Å². The van der Waals surface area contributed by atoms with Crippen molar-refractivity contribution >= 4 is 22.7 Å². The number of nitrogens with zero attached hydrogens (tertiary/aromatic N) is 2. The van der Waals surface area contributed by atoms with Gasteiger partial charge in [0.25, 0.3) is 0 Å². The smallest absolute Gasteiger partial charge is 0.182 e. The molecule has 0 unspecified atom stereocenters. The van der Waals surface area contributed by atoms with Crippen molar-refractivity contribution in [3.63, 3.8) is 0 Å². The molecule has 1 spiro atoms. The fourth-order valence-electron chi connectivity index (χ4n) is 6.86. The highest BCUT2D eigenvalue weighted by atomic mass is 16.5. The zero-order chi connectivity index (χ0) is 27.0.